The van der Waals surface area contributed by atoms with Crippen molar-refractivity contribution in [3.05, 3.63) is 35.9 Å². The molecule has 1 atom stereocenters. The number of piperidine rings is 1. The molecule has 0 aliphatic carbocycles. The molecule has 2 saturated heterocycles. The SMILES string of the molecule is CN=C(NCC1(SC)CCOCC1)NC1CCN(C(C)c2ccccc2)CC1.I. The van der Waals surface area contributed by atoms with Gasteiger partial charge in [0.2, 0.25) is 0 Å². The molecule has 7 heteroatoms. The van der Waals surface area contributed by atoms with Gasteiger partial charge >= 0.3 is 0 Å². The Bertz CT molecular complexity index is 616. The largest absolute Gasteiger partial charge is 0.381 e. The van der Waals surface area contributed by atoms with Crippen molar-refractivity contribution in [3.8, 4) is 0 Å². The molecule has 2 N–H and O–H groups in total. The molecule has 0 radical (unpaired) electrons. The Kier molecular flexibility index (Phi) is 10.6. The fourth-order valence-corrected chi connectivity index (χ4v) is 4.99. The minimum Gasteiger partial charge on any atom is -0.381 e. The van der Waals surface area contributed by atoms with Crippen LogP contribution in [0.4, 0.5) is 0 Å². The molecule has 0 bridgehead atoms. The van der Waals surface area contributed by atoms with Gasteiger partial charge in [-0.3, -0.25) is 9.89 Å². The van der Waals surface area contributed by atoms with Crippen LogP contribution in [-0.4, -0.2) is 67.8 Å². The summed E-state index contributed by atoms with van der Waals surface area (Å²) >= 11 is 1.96. The van der Waals surface area contributed by atoms with E-state index in [0.29, 0.717) is 12.1 Å². The Morgan fingerprint density at radius 2 is 1.90 bits per heavy atom. The van der Waals surface area contributed by atoms with Crippen molar-refractivity contribution in [2.45, 2.75) is 49.4 Å². The summed E-state index contributed by atoms with van der Waals surface area (Å²) in [5, 5.41) is 7.24. The standard InChI is InChI=1S/C22H36N4OS.HI/c1-18(19-7-5-4-6-8-19)26-13-9-20(10-14-26)25-21(23-2)24-17-22(28-3)11-15-27-16-12-22;/h4-8,18,20H,9-17H2,1-3H3,(H2,23,24,25);1H. The summed E-state index contributed by atoms with van der Waals surface area (Å²) in [5.41, 5.74) is 1.41. The summed E-state index contributed by atoms with van der Waals surface area (Å²) in [5.74, 6) is 0.939. The summed E-state index contributed by atoms with van der Waals surface area (Å²) in [7, 11) is 1.87. The van der Waals surface area contributed by atoms with Crippen LogP contribution in [0, 0.1) is 0 Å². The highest BCUT2D eigenvalue weighted by molar-refractivity contribution is 14.0. The highest BCUT2D eigenvalue weighted by Gasteiger charge is 2.32. The van der Waals surface area contributed by atoms with Crippen LogP contribution in [0.1, 0.15) is 44.2 Å². The third-order valence-electron chi connectivity index (χ3n) is 6.34. The van der Waals surface area contributed by atoms with Gasteiger partial charge in [0.1, 0.15) is 0 Å². The fraction of sp³-hybridized carbons (Fsp3) is 0.682. The van der Waals surface area contributed by atoms with E-state index in [-0.39, 0.29) is 28.7 Å². The monoisotopic (exact) mass is 532 g/mol. The third kappa shape index (κ3) is 7.01. The maximum atomic E-state index is 5.55. The van der Waals surface area contributed by atoms with E-state index in [0.717, 1.165) is 64.5 Å². The summed E-state index contributed by atoms with van der Waals surface area (Å²) in [6.07, 6.45) is 6.73. The van der Waals surface area contributed by atoms with E-state index >= 15 is 0 Å². The molecule has 0 saturated carbocycles. The number of thioether (sulfide) groups is 1. The van der Waals surface area contributed by atoms with Crippen LogP contribution in [0.5, 0.6) is 0 Å². The number of rotatable bonds is 6. The Labute approximate surface area is 197 Å². The minimum absolute atomic E-state index is 0. The molecule has 2 aliphatic heterocycles. The number of nitrogens with one attached hydrogen (secondary N) is 2. The van der Waals surface area contributed by atoms with E-state index in [2.05, 4.69) is 64.0 Å². The van der Waals surface area contributed by atoms with Crippen molar-refractivity contribution in [3.63, 3.8) is 0 Å². The highest BCUT2D eigenvalue weighted by Crippen LogP contribution is 2.33. The average Bonchev–Trinajstić information content (AvgIpc) is 2.78. The lowest BCUT2D eigenvalue weighted by Crippen LogP contribution is -2.52. The van der Waals surface area contributed by atoms with Crippen LogP contribution < -0.4 is 10.6 Å². The summed E-state index contributed by atoms with van der Waals surface area (Å²) < 4.78 is 5.82. The normalized spacial score (nSPS) is 21.8. The molecule has 2 heterocycles. The van der Waals surface area contributed by atoms with Crippen molar-refractivity contribution in [1.82, 2.24) is 15.5 Å². The van der Waals surface area contributed by atoms with Gasteiger partial charge in [-0.05, 0) is 44.4 Å². The first kappa shape index (κ1) is 24.8. The molecule has 3 rings (SSSR count). The van der Waals surface area contributed by atoms with Crippen molar-refractivity contribution >= 4 is 41.7 Å². The third-order valence-corrected chi connectivity index (χ3v) is 7.76. The van der Waals surface area contributed by atoms with Crippen molar-refractivity contribution < 1.29 is 4.74 Å². The molecular weight excluding hydrogens is 495 g/mol. The highest BCUT2D eigenvalue weighted by atomic mass is 127. The predicted octanol–water partition coefficient (Wildman–Crippen LogP) is 3.91. The number of hydrogen-bond donors (Lipinski definition) is 2. The molecule has 5 nitrogen and oxygen atoms in total. The summed E-state index contributed by atoms with van der Waals surface area (Å²) in [6.45, 7) is 7.24. The van der Waals surface area contributed by atoms with Gasteiger partial charge in [0.15, 0.2) is 5.96 Å². The molecule has 2 fully saturated rings. The van der Waals surface area contributed by atoms with E-state index in [9.17, 15) is 0 Å². The second-order valence-corrected chi connectivity index (χ2v) is 9.24. The number of halogens is 1. The molecule has 29 heavy (non-hydrogen) atoms. The second kappa shape index (κ2) is 12.4. The van der Waals surface area contributed by atoms with Crippen LogP contribution >= 0.6 is 35.7 Å². The first-order chi connectivity index (χ1) is 13.7. The quantitative estimate of drug-likeness (QED) is 0.331. The van der Waals surface area contributed by atoms with Gasteiger partial charge in [-0.15, -0.1) is 24.0 Å². The van der Waals surface area contributed by atoms with Crippen LogP contribution in [0.3, 0.4) is 0 Å². The Morgan fingerprint density at radius 1 is 1.24 bits per heavy atom. The van der Waals surface area contributed by atoms with Crippen LogP contribution in [0.25, 0.3) is 0 Å². The van der Waals surface area contributed by atoms with E-state index in [1.165, 1.54) is 5.56 Å². The maximum absolute atomic E-state index is 5.55. The van der Waals surface area contributed by atoms with Crippen LogP contribution in [0.2, 0.25) is 0 Å². The van der Waals surface area contributed by atoms with Gasteiger partial charge in [0, 0.05) is 56.7 Å². The summed E-state index contributed by atoms with van der Waals surface area (Å²) in [4.78, 5) is 7.07. The topological polar surface area (TPSA) is 48.9 Å². The first-order valence-electron chi connectivity index (χ1n) is 10.5. The fourth-order valence-electron chi connectivity index (χ4n) is 4.20. The van der Waals surface area contributed by atoms with Gasteiger partial charge in [-0.1, -0.05) is 30.3 Å². The molecule has 0 spiro atoms. The van der Waals surface area contributed by atoms with Crippen LogP contribution in [-0.2, 0) is 4.74 Å². The number of guanidine groups is 1. The number of nitrogens with zero attached hydrogens (tertiary/aromatic N) is 2. The van der Waals surface area contributed by atoms with Gasteiger partial charge in [0.05, 0.1) is 0 Å². The van der Waals surface area contributed by atoms with Gasteiger partial charge in [0.25, 0.3) is 0 Å². The molecular formula is C22H37IN4OS. The minimum atomic E-state index is 0. The maximum Gasteiger partial charge on any atom is 0.191 e. The molecule has 0 amide bonds. The molecule has 1 aromatic carbocycles. The lowest BCUT2D eigenvalue weighted by atomic mass is 9.99. The van der Waals surface area contributed by atoms with E-state index < -0.39 is 0 Å². The lowest BCUT2D eigenvalue weighted by Gasteiger charge is -2.38. The molecule has 0 aromatic heterocycles. The number of benzene rings is 1. The number of aliphatic imine (C=N–C) groups is 1. The zero-order chi connectivity index (χ0) is 19.8. The van der Waals surface area contributed by atoms with Crippen molar-refractivity contribution in [1.29, 1.82) is 0 Å². The van der Waals surface area contributed by atoms with Crippen LogP contribution in [0.15, 0.2) is 35.3 Å². The number of likely N-dealkylation sites (tertiary alicyclic amines) is 1. The van der Waals surface area contributed by atoms with Gasteiger partial charge in [-0.25, -0.2) is 0 Å². The summed E-state index contributed by atoms with van der Waals surface area (Å²) in [6, 6.07) is 11.8. The predicted molar refractivity (Wildman–Crippen MR) is 136 cm³/mol. The zero-order valence-electron chi connectivity index (χ0n) is 18.0. The zero-order valence-corrected chi connectivity index (χ0v) is 21.2. The van der Waals surface area contributed by atoms with Crippen molar-refractivity contribution in [2.24, 2.45) is 4.99 Å². The van der Waals surface area contributed by atoms with Crippen molar-refractivity contribution in [2.75, 3.05) is 46.2 Å². The lowest BCUT2D eigenvalue weighted by molar-refractivity contribution is 0.0782. The Hall–Kier alpha value is -0.510. The molecule has 2 aliphatic rings. The Balaban J connectivity index is 0.00000300. The molecule has 1 unspecified atom stereocenters. The van der Waals surface area contributed by atoms with E-state index in [1.807, 2.05) is 18.8 Å². The molecule has 1 aromatic rings. The number of ether oxygens (including phenoxy) is 1. The first-order valence-corrected chi connectivity index (χ1v) is 11.8. The number of hydrogen-bond acceptors (Lipinski definition) is 4. The average molecular weight is 533 g/mol. The second-order valence-electron chi connectivity index (χ2n) is 7.97. The Morgan fingerprint density at radius 3 is 2.48 bits per heavy atom. The van der Waals surface area contributed by atoms with E-state index in [1.54, 1.807) is 0 Å². The van der Waals surface area contributed by atoms with E-state index in [4.69, 9.17) is 4.74 Å². The smallest absolute Gasteiger partial charge is 0.191 e. The molecule has 164 valence electrons. The van der Waals surface area contributed by atoms with Gasteiger partial charge in [-0.2, -0.15) is 11.8 Å². The van der Waals surface area contributed by atoms with Gasteiger partial charge < -0.3 is 15.4 Å².